The molecule has 0 unspecified atom stereocenters. The van der Waals surface area contributed by atoms with E-state index in [1.54, 1.807) is 6.20 Å². The molecule has 0 bridgehead atoms. The van der Waals surface area contributed by atoms with E-state index in [1.807, 2.05) is 30.3 Å². The van der Waals surface area contributed by atoms with Crippen molar-refractivity contribution < 1.29 is 9.53 Å². The van der Waals surface area contributed by atoms with Crippen molar-refractivity contribution in [3.05, 3.63) is 47.7 Å². The van der Waals surface area contributed by atoms with Crippen LogP contribution in [0.2, 0.25) is 0 Å². The van der Waals surface area contributed by atoms with Gasteiger partial charge in [-0.3, -0.25) is 0 Å². The van der Waals surface area contributed by atoms with E-state index >= 15 is 0 Å². The molecule has 2 rings (SSSR count). The van der Waals surface area contributed by atoms with E-state index in [4.69, 9.17) is 4.74 Å². The van der Waals surface area contributed by atoms with Gasteiger partial charge >= 0.3 is 5.97 Å². The zero-order valence-electron chi connectivity index (χ0n) is 8.40. The maximum Gasteiger partial charge on any atom is 0.335 e. The minimum absolute atomic E-state index is 0.219. The van der Waals surface area contributed by atoms with Crippen LogP contribution in [0.1, 0.15) is 12.0 Å². The van der Waals surface area contributed by atoms with Gasteiger partial charge in [0, 0.05) is 12.7 Å². The monoisotopic (exact) mass is 203 g/mol. The molecule has 0 aromatic heterocycles. The second-order valence-electron chi connectivity index (χ2n) is 3.44. The van der Waals surface area contributed by atoms with Crippen LogP contribution in [0.15, 0.2) is 42.1 Å². The van der Waals surface area contributed by atoms with E-state index in [0.29, 0.717) is 6.61 Å². The molecule has 15 heavy (non-hydrogen) atoms. The van der Waals surface area contributed by atoms with Crippen LogP contribution in [0.3, 0.4) is 0 Å². The number of carbonyl (C=O) groups is 1. The first-order valence-electron chi connectivity index (χ1n) is 5.00. The highest BCUT2D eigenvalue weighted by molar-refractivity contribution is 5.88. The Morgan fingerprint density at radius 2 is 2.13 bits per heavy atom. The van der Waals surface area contributed by atoms with E-state index in [1.165, 1.54) is 0 Å². The van der Waals surface area contributed by atoms with Crippen LogP contribution in [0.4, 0.5) is 0 Å². The number of carbonyl (C=O) groups excluding carboxylic acids is 1. The Hall–Kier alpha value is -1.77. The lowest BCUT2D eigenvalue weighted by molar-refractivity contribution is -0.140. The summed E-state index contributed by atoms with van der Waals surface area (Å²) in [6, 6.07) is 9.68. The van der Waals surface area contributed by atoms with Gasteiger partial charge in [0.2, 0.25) is 0 Å². The molecule has 3 heteroatoms. The molecule has 1 heterocycles. The zero-order chi connectivity index (χ0) is 10.5. The lowest BCUT2D eigenvalue weighted by Gasteiger charge is -2.04. The van der Waals surface area contributed by atoms with Gasteiger partial charge in [-0.2, -0.15) is 0 Å². The summed E-state index contributed by atoms with van der Waals surface area (Å²) in [5.41, 5.74) is 1.74. The highest BCUT2D eigenvalue weighted by Gasteiger charge is 2.14. The Labute approximate surface area is 88.8 Å². The number of hydrogen-bond acceptors (Lipinski definition) is 3. The van der Waals surface area contributed by atoms with Crippen LogP contribution in [-0.4, -0.2) is 12.5 Å². The fourth-order valence-electron chi connectivity index (χ4n) is 1.45. The van der Waals surface area contributed by atoms with Gasteiger partial charge in [-0.15, -0.1) is 0 Å². The number of rotatable bonds is 3. The Kier molecular flexibility index (Phi) is 3.02. The molecule has 1 N–H and O–H groups in total. The fourth-order valence-corrected chi connectivity index (χ4v) is 1.45. The Balaban J connectivity index is 1.86. The van der Waals surface area contributed by atoms with Crippen molar-refractivity contribution in [2.45, 2.75) is 13.0 Å². The quantitative estimate of drug-likeness (QED) is 0.758. The Morgan fingerprint density at radius 3 is 2.80 bits per heavy atom. The van der Waals surface area contributed by atoms with Crippen molar-refractivity contribution in [1.82, 2.24) is 5.32 Å². The highest BCUT2D eigenvalue weighted by atomic mass is 16.5. The molecule has 0 radical (unpaired) electrons. The normalized spacial score (nSPS) is 14.3. The molecule has 78 valence electrons. The van der Waals surface area contributed by atoms with E-state index in [-0.39, 0.29) is 5.97 Å². The zero-order valence-corrected chi connectivity index (χ0v) is 8.40. The summed E-state index contributed by atoms with van der Waals surface area (Å²) in [6.45, 7) is 1.17. The minimum atomic E-state index is -0.219. The predicted molar refractivity (Wildman–Crippen MR) is 56.9 cm³/mol. The Bertz CT molecular complexity index is 370. The average molecular weight is 203 g/mol. The van der Waals surface area contributed by atoms with Gasteiger partial charge in [-0.25, -0.2) is 4.79 Å². The van der Waals surface area contributed by atoms with E-state index in [2.05, 4.69) is 5.32 Å². The van der Waals surface area contributed by atoms with Gasteiger partial charge in [0.05, 0.1) is 5.57 Å². The first kappa shape index (κ1) is 9.77. The van der Waals surface area contributed by atoms with Crippen molar-refractivity contribution in [3.8, 4) is 0 Å². The van der Waals surface area contributed by atoms with Crippen molar-refractivity contribution in [2.24, 2.45) is 0 Å². The van der Waals surface area contributed by atoms with Crippen molar-refractivity contribution >= 4 is 5.97 Å². The van der Waals surface area contributed by atoms with Crippen LogP contribution in [0.25, 0.3) is 0 Å². The molecule has 1 aromatic carbocycles. The van der Waals surface area contributed by atoms with Crippen LogP contribution < -0.4 is 5.32 Å². The molecule has 1 aliphatic heterocycles. The van der Waals surface area contributed by atoms with Gasteiger partial charge in [0.1, 0.15) is 6.61 Å². The van der Waals surface area contributed by atoms with E-state index in [9.17, 15) is 4.79 Å². The summed E-state index contributed by atoms with van der Waals surface area (Å²) in [6.07, 6.45) is 2.49. The maximum absolute atomic E-state index is 11.5. The Morgan fingerprint density at radius 1 is 1.33 bits per heavy atom. The second-order valence-corrected chi connectivity index (χ2v) is 3.44. The molecule has 1 aromatic rings. The molecule has 0 saturated heterocycles. The topological polar surface area (TPSA) is 38.3 Å². The molecule has 1 aliphatic rings. The SMILES string of the molecule is O=C(OCc1ccccc1)C1=CNCC1. The summed E-state index contributed by atoms with van der Waals surface area (Å²) in [5, 5.41) is 2.99. The molecule has 0 aliphatic carbocycles. The largest absolute Gasteiger partial charge is 0.457 e. The third kappa shape index (κ3) is 2.59. The summed E-state index contributed by atoms with van der Waals surface area (Å²) in [5.74, 6) is -0.219. The predicted octanol–water partition coefficient (Wildman–Crippen LogP) is 1.61. The van der Waals surface area contributed by atoms with E-state index in [0.717, 1.165) is 24.1 Å². The number of benzene rings is 1. The molecule has 0 spiro atoms. The standard InChI is InChI=1S/C12H13NO2/c14-12(11-6-7-13-8-11)15-9-10-4-2-1-3-5-10/h1-5,8,13H,6-7,9H2. The van der Waals surface area contributed by atoms with Gasteiger partial charge in [-0.1, -0.05) is 30.3 Å². The van der Waals surface area contributed by atoms with Crippen molar-refractivity contribution in [2.75, 3.05) is 6.54 Å². The molecule has 0 saturated carbocycles. The van der Waals surface area contributed by atoms with Gasteiger partial charge in [-0.05, 0) is 12.0 Å². The first-order valence-corrected chi connectivity index (χ1v) is 5.00. The van der Waals surface area contributed by atoms with Crippen LogP contribution >= 0.6 is 0 Å². The summed E-state index contributed by atoms with van der Waals surface area (Å²) < 4.78 is 5.16. The van der Waals surface area contributed by atoms with Gasteiger partial charge in [0.15, 0.2) is 0 Å². The summed E-state index contributed by atoms with van der Waals surface area (Å²) in [7, 11) is 0. The lowest BCUT2D eigenvalue weighted by atomic mass is 10.2. The maximum atomic E-state index is 11.5. The number of ether oxygens (including phenoxy) is 1. The third-order valence-corrected chi connectivity index (χ3v) is 2.29. The third-order valence-electron chi connectivity index (χ3n) is 2.29. The smallest absolute Gasteiger partial charge is 0.335 e. The van der Waals surface area contributed by atoms with Crippen molar-refractivity contribution in [1.29, 1.82) is 0 Å². The van der Waals surface area contributed by atoms with E-state index < -0.39 is 0 Å². The molecule has 0 amide bonds. The summed E-state index contributed by atoms with van der Waals surface area (Å²) in [4.78, 5) is 11.5. The minimum Gasteiger partial charge on any atom is -0.457 e. The van der Waals surface area contributed by atoms with Crippen LogP contribution in [-0.2, 0) is 16.1 Å². The molecule has 0 atom stereocenters. The van der Waals surface area contributed by atoms with Crippen LogP contribution in [0, 0.1) is 0 Å². The average Bonchev–Trinajstić information content (AvgIpc) is 2.81. The van der Waals surface area contributed by atoms with Crippen molar-refractivity contribution in [3.63, 3.8) is 0 Å². The summed E-state index contributed by atoms with van der Waals surface area (Å²) >= 11 is 0. The number of nitrogens with one attached hydrogen (secondary N) is 1. The second kappa shape index (κ2) is 4.64. The van der Waals surface area contributed by atoms with Gasteiger partial charge < -0.3 is 10.1 Å². The molecule has 0 fully saturated rings. The van der Waals surface area contributed by atoms with Gasteiger partial charge in [0.25, 0.3) is 0 Å². The molecule has 3 nitrogen and oxygen atoms in total. The first-order chi connectivity index (χ1) is 7.36. The molecular formula is C12H13NO2. The fraction of sp³-hybridized carbons (Fsp3) is 0.250. The highest BCUT2D eigenvalue weighted by Crippen LogP contribution is 2.09. The lowest BCUT2D eigenvalue weighted by Crippen LogP contribution is -2.06. The number of hydrogen-bond donors (Lipinski definition) is 1. The molecular weight excluding hydrogens is 190 g/mol. The van der Waals surface area contributed by atoms with Crippen LogP contribution in [0.5, 0.6) is 0 Å². The number of esters is 1.